The summed E-state index contributed by atoms with van der Waals surface area (Å²) in [6.07, 6.45) is 3.43. The molecular formula is C11H20N4O. The van der Waals surface area contributed by atoms with Crippen LogP contribution in [0.1, 0.15) is 33.3 Å². The van der Waals surface area contributed by atoms with Crippen LogP contribution in [0, 0.1) is 5.41 Å². The summed E-state index contributed by atoms with van der Waals surface area (Å²) < 4.78 is 0. The van der Waals surface area contributed by atoms with Crippen molar-refractivity contribution in [3.05, 3.63) is 18.0 Å². The number of nitrogens with two attached hydrogens (primary N) is 1. The standard InChI is InChI=1S/C11H20N4O/c1-10(2,11(3,4)12)9(16)13-5-8-6-14-15-7-8/h6-7H,5,12H2,1-4H3,(H,13,16)(H,14,15). The Morgan fingerprint density at radius 2 is 2.12 bits per heavy atom. The predicted molar refractivity (Wildman–Crippen MR) is 62.5 cm³/mol. The van der Waals surface area contributed by atoms with Gasteiger partial charge in [-0.3, -0.25) is 9.89 Å². The summed E-state index contributed by atoms with van der Waals surface area (Å²) in [7, 11) is 0. The van der Waals surface area contributed by atoms with Gasteiger partial charge < -0.3 is 11.1 Å². The van der Waals surface area contributed by atoms with Crippen molar-refractivity contribution in [1.29, 1.82) is 0 Å². The fourth-order valence-electron chi connectivity index (χ4n) is 1.07. The second kappa shape index (κ2) is 4.25. The highest BCUT2D eigenvalue weighted by Crippen LogP contribution is 2.28. The molecule has 0 aliphatic carbocycles. The van der Waals surface area contributed by atoms with E-state index in [9.17, 15) is 4.79 Å². The van der Waals surface area contributed by atoms with Gasteiger partial charge in [0.15, 0.2) is 0 Å². The highest BCUT2D eigenvalue weighted by Gasteiger charge is 2.40. The first-order chi connectivity index (χ1) is 7.25. The van der Waals surface area contributed by atoms with E-state index in [0.717, 1.165) is 5.56 Å². The number of hydrogen-bond donors (Lipinski definition) is 3. The number of H-pyrrole nitrogens is 1. The molecule has 1 amide bonds. The van der Waals surface area contributed by atoms with Crippen LogP contribution in [-0.2, 0) is 11.3 Å². The Hall–Kier alpha value is -1.36. The van der Waals surface area contributed by atoms with Gasteiger partial charge in [0.25, 0.3) is 0 Å². The van der Waals surface area contributed by atoms with E-state index in [-0.39, 0.29) is 5.91 Å². The van der Waals surface area contributed by atoms with Crippen LogP contribution in [0.5, 0.6) is 0 Å². The van der Waals surface area contributed by atoms with Gasteiger partial charge in [0.2, 0.25) is 5.91 Å². The second-order valence-corrected chi connectivity index (χ2v) is 5.14. The number of rotatable bonds is 4. The third-order valence-electron chi connectivity index (χ3n) is 3.19. The van der Waals surface area contributed by atoms with Crippen LogP contribution in [0.15, 0.2) is 12.4 Å². The number of aromatic nitrogens is 2. The van der Waals surface area contributed by atoms with Gasteiger partial charge in [0.1, 0.15) is 0 Å². The van der Waals surface area contributed by atoms with Gasteiger partial charge in [0.05, 0.1) is 11.6 Å². The Morgan fingerprint density at radius 1 is 1.50 bits per heavy atom. The van der Waals surface area contributed by atoms with Crippen molar-refractivity contribution < 1.29 is 4.79 Å². The summed E-state index contributed by atoms with van der Waals surface area (Å²) in [6.45, 7) is 7.86. The number of carbonyl (C=O) groups is 1. The third-order valence-corrected chi connectivity index (χ3v) is 3.19. The van der Waals surface area contributed by atoms with Crippen LogP contribution in [0.4, 0.5) is 0 Å². The SMILES string of the molecule is CC(C)(N)C(C)(C)C(=O)NCc1cn[nH]c1. The first-order valence-electron chi connectivity index (χ1n) is 5.30. The first kappa shape index (κ1) is 12.7. The smallest absolute Gasteiger partial charge is 0.227 e. The van der Waals surface area contributed by atoms with E-state index in [2.05, 4.69) is 15.5 Å². The topological polar surface area (TPSA) is 83.8 Å². The molecule has 0 aromatic carbocycles. The summed E-state index contributed by atoms with van der Waals surface area (Å²) in [6, 6.07) is 0. The summed E-state index contributed by atoms with van der Waals surface area (Å²) >= 11 is 0. The molecule has 16 heavy (non-hydrogen) atoms. The molecule has 0 saturated heterocycles. The average molecular weight is 224 g/mol. The van der Waals surface area contributed by atoms with Crippen LogP contribution in [0.25, 0.3) is 0 Å². The molecule has 1 rings (SSSR count). The Morgan fingerprint density at radius 3 is 2.56 bits per heavy atom. The molecule has 0 aliphatic rings. The molecule has 0 fully saturated rings. The zero-order valence-electron chi connectivity index (χ0n) is 10.3. The molecule has 0 saturated carbocycles. The fourth-order valence-corrected chi connectivity index (χ4v) is 1.07. The van der Waals surface area contributed by atoms with Gasteiger partial charge in [-0.2, -0.15) is 5.10 Å². The number of amides is 1. The minimum Gasteiger partial charge on any atom is -0.351 e. The molecule has 0 unspecified atom stereocenters. The second-order valence-electron chi connectivity index (χ2n) is 5.14. The van der Waals surface area contributed by atoms with Gasteiger partial charge in [-0.05, 0) is 27.7 Å². The van der Waals surface area contributed by atoms with Crippen molar-refractivity contribution in [2.24, 2.45) is 11.1 Å². The highest BCUT2D eigenvalue weighted by atomic mass is 16.2. The minimum atomic E-state index is -0.614. The van der Waals surface area contributed by atoms with Crippen molar-refractivity contribution in [3.63, 3.8) is 0 Å². The molecule has 0 aliphatic heterocycles. The van der Waals surface area contributed by atoms with E-state index in [1.807, 2.05) is 27.7 Å². The zero-order valence-corrected chi connectivity index (χ0v) is 10.3. The fraction of sp³-hybridized carbons (Fsp3) is 0.636. The number of nitrogens with one attached hydrogen (secondary N) is 2. The molecule has 0 bridgehead atoms. The number of carbonyl (C=O) groups excluding carboxylic acids is 1. The maximum Gasteiger partial charge on any atom is 0.227 e. The molecule has 0 atom stereocenters. The molecule has 0 spiro atoms. The molecule has 0 radical (unpaired) electrons. The highest BCUT2D eigenvalue weighted by molar-refractivity contribution is 5.83. The van der Waals surface area contributed by atoms with Crippen LogP contribution < -0.4 is 11.1 Å². The lowest BCUT2D eigenvalue weighted by atomic mass is 9.74. The van der Waals surface area contributed by atoms with Crippen LogP contribution >= 0.6 is 0 Å². The molecule has 5 nitrogen and oxygen atoms in total. The van der Waals surface area contributed by atoms with Crippen molar-refractivity contribution in [2.45, 2.75) is 39.8 Å². The van der Waals surface area contributed by atoms with E-state index in [0.29, 0.717) is 6.54 Å². The molecular weight excluding hydrogens is 204 g/mol. The van der Waals surface area contributed by atoms with E-state index < -0.39 is 11.0 Å². The summed E-state index contributed by atoms with van der Waals surface area (Å²) in [5.74, 6) is -0.0544. The molecule has 5 heteroatoms. The maximum absolute atomic E-state index is 12.0. The van der Waals surface area contributed by atoms with Gasteiger partial charge in [-0.25, -0.2) is 0 Å². The molecule has 4 N–H and O–H groups in total. The lowest BCUT2D eigenvalue weighted by Crippen LogP contribution is -2.55. The first-order valence-corrected chi connectivity index (χ1v) is 5.30. The minimum absolute atomic E-state index is 0.0544. The van der Waals surface area contributed by atoms with Crippen LogP contribution in [0.3, 0.4) is 0 Å². The van der Waals surface area contributed by atoms with E-state index >= 15 is 0 Å². The predicted octanol–water partition coefficient (Wildman–Crippen LogP) is 0.789. The summed E-state index contributed by atoms with van der Waals surface area (Å²) in [5, 5.41) is 9.36. The van der Waals surface area contributed by atoms with Crippen molar-refractivity contribution in [2.75, 3.05) is 0 Å². The number of aromatic amines is 1. The summed E-state index contributed by atoms with van der Waals surface area (Å²) in [5.41, 5.74) is 5.75. The van der Waals surface area contributed by atoms with E-state index in [4.69, 9.17) is 5.73 Å². The Labute approximate surface area is 95.8 Å². The number of nitrogens with zero attached hydrogens (tertiary/aromatic N) is 1. The van der Waals surface area contributed by atoms with Gasteiger partial charge >= 0.3 is 0 Å². The molecule has 1 heterocycles. The van der Waals surface area contributed by atoms with E-state index in [1.165, 1.54) is 0 Å². The molecule has 1 aromatic heterocycles. The Bertz CT molecular complexity index is 349. The molecule has 1 aromatic rings. The Balaban J connectivity index is 2.59. The normalized spacial score (nSPS) is 12.6. The van der Waals surface area contributed by atoms with Crippen molar-refractivity contribution in [3.8, 4) is 0 Å². The quantitative estimate of drug-likeness (QED) is 0.707. The molecule has 90 valence electrons. The zero-order chi connectivity index (χ0) is 12.4. The maximum atomic E-state index is 12.0. The summed E-state index contributed by atoms with van der Waals surface area (Å²) in [4.78, 5) is 12.0. The van der Waals surface area contributed by atoms with Crippen molar-refractivity contribution >= 4 is 5.91 Å². The average Bonchev–Trinajstić information content (AvgIpc) is 2.64. The van der Waals surface area contributed by atoms with Crippen LogP contribution in [-0.4, -0.2) is 21.6 Å². The van der Waals surface area contributed by atoms with Crippen molar-refractivity contribution in [1.82, 2.24) is 15.5 Å². The lowest BCUT2D eigenvalue weighted by molar-refractivity contribution is -0.132. The van der Waals surface area contributed by atoms with E-state index in [1.54, 1.807) is 12.4 Å². The largest absolute Gasteiger partial charge is 0.351 e. The third kappa shape index (κ3) is 2.61. The monoisotopic (exact) mass is 224 g/mol. The van der Waals surface area contributed by atoms with Gasteiger partial charge in [-0.1, -0.05) is 0 Å². The van der Waals surface area contributed by atoms with Gasteiger partial charge in [0, 0.05) is 23.8 Å². The lowest BCUT2D eigenvalue weighted by Gasteiger charge is -2.36. The number of hydrogen-bond acceptors (Lipinski definition) is 3. The van der Waals surface area contributed by atoms with Crippen LogP contribution in [0.2, 0.25) is 0 Å². The Kier molecular flexibility index (Phi) is 3.38. The van der Waals surface area contributed by atoms with Gasteiger partial charge in [-0.15, -0.1) is 0 Å².